The molecule has 0 aromatic heterocycles. The molecule has 3 nitrogen and oxygen atoms in total. The van der Waals surface area contributed by atoms with E-state index in [0.717, 1.165) is 12.8 Å². The molecule has 1 aromatic rings. The Balaban J connectivity index is 2.55. The largest absolute Gasteiger partial charge is 0.494 e. The Morgan fingerprint density at radius 1 is 1.40 bits per heavy atom. The highest BCUT2D eigenvalue weighted by Gasteiger charge is 2.05. The number of halogens is 1. The highest BCUT2D eigenvalue weighted by molar-refractivity contribution is 5.91. The quantitative estimate of drug-likeness (QED) is 0.777. The van der Waals surface area contributed by atoms with E-state index in [2.05, 4.69) is 19.2 Å². The van der Waals surface area contributed by atoms with Crippen LogP contribution in [-0.4, -0.2) is 19.6 Å². The maximum Gasteiger partial charge on any atom is 0.244 e. The van der Waals surface area contributed by atoms with Gasteiger partial charge >= 0.3 is 0 Å². The summed E-state index contributed by atoms with van der Waals surface area (Å²) in [7, 11) is 1.42. The van der Waals surface area contributed by atoms with Crippen molar-refractivity contribution in [3.8, 4) is 5.75 Å². The number of rotatable bonds is 7. The summed E-state index contributed by atoms with van der Waals surface area (Å²) in [5.41, 5.74) is 0.626. The number of benzene rings is 1. The van der Waals surface area contributed by atoms with Crippen LogP contribution in [0.25, 0.3) is 6.08 Å². The molecule has 110 valence electrons. The molecule has 4 heteroatoms. The maximum atomic E-state index is 13.5. The van der Waals surface area contributed by atoms with Gasteiger partial charge in [0.2, 0.25) is 5.91 Å². The molecule has 0 unspecified atom stereocenters. The molecule has 1 N–H and O–H groups in total. The second-order valence-electron chi connectivity index (χ2n) is 4.65. The van der Waals surface area contributed by atoms with Crippen molar-refractivity contribution in [3.63, 3.8) is 0 Å². The number of hydrogen-bond donors (Lipinski definition) is 1. The van der Waals surface area contributed by atoms with Gasteiger partial charge in [0.15, 0.2) is 11.6 Å². The summed E-state index contributed by atoms with van der Waals surface area (Å²) in [6, 6.07) is 4.58. The standard InChI is InChI=1S/C16H22FNO2/c1-4-12(5-2)11-18-16(19)9-7-13-6-8-15(20-3)14(17)10-13/h6-10,12H,4-5,11H2,1-3H3,(H,18,19)/b9-7+. The van der Waals surface area contributed by atoms with Crippen molar-refractivity contribution < 1.29 is 13.9 Å². The number of methoxy groups -OCH3 is 1. The summed E-state index contributed by atoms with van der Waals surface area (Å²) in [6.07, 6.45) is 5.10. The highest BCUT2D eigenvalue weighted by atomic mass is 19.1. The van der Waals surface area contributed by atoms with E-state index in [4.69, 9.17) is 4.74 Å². The van der Waals surface area contributed by atoms with Crippen molar-refractivity contribution in [3.05, 3.63) is 35.7 Å². The molecule has 0 aliphatic carbocycles. The molecule has 1 rings (SSSR count). The van der Waals surface area contributed by atoms with Crippen molar-refractivity contribution in [2.24, 2.45) is 5.92 Å². The minimum Gasteiger partial charge on any atom is -0.494 e. The molecule has 0 aliphatic heterocycles. The van der Waals surface area contributed by atoms with Gasteiger partial charge in [-0.05, 0) is 29.7 Å². The number of hydrogen-bond acceptors (Lipinski definition) is 2. The number of amides is 1. The fourth-order valence-corrected chi connectivity index (χ4v) is 1.84. The summed E-state index contributed by atoms with van der Waals surface area (Å²) in [6.45, 7) is 4.89. The number of carbonyl (C=O) groups is 1. The Morgan fingerprint density at radius 3 is 2.65 bits per heavy atom. The van der Waals surface area contributed by atoms with Crippen LogP contribution in [-0.2, 0) is 4.79 Å². The zero-order valence-corrected chi connectivity index (χ0v) is 12.3. The molecule has 0 saturated heterocycles. The molecular formula is C16H22FNO2. The Labute approximate surface area is 119 Å². The van der Waals surface area contributed by atoms with Gasteiger partial charge in [0.1, 0.15) is 0 Å². The first-order chi connectivity index (χ1) is 9.60. The van der Waals surface area contributed by atoms with Gasteiger partial charge in [0.25, 0.3) is 0 Å². The van der Waals surface area contributed by atoms with Crippen LogP contribution in [0.3, 0.4) is 0 Å². The average molecular weight is 279 g/mol. The molecule has 0 aliphatic rings. The minimum absolute atomic E-state index is 0.159. The lowest BCUT2D eigenvalue weighted by Crippen LogP contribution is -2.27. The van der Waals surface area contributed by atoms with E-state index in [1.165, 1.54) is 25.3 Å². The predicted molar refractivity (Wildman–Crippen MR) is 79.1 cm³/mol. The summed E-state index contributed by atoms with van der Waals surface area (Å²) >= 11 is 0. The van der Waals surface area contributed by atoms with Crippen LogP contribution < -0.4 is 10.1 Å². The van der Waals surface area contributed by atoms with E-state index in [1.807, 2.05) is 0 Å². The summed E-state index contributed by atoms with van der Waals surface area (Å²) in [4.78, 5) is 11.6. The van der Waals surface area contributed by atoms with Gasteiger partial charge < -0.3 is 10.1 Å². The first kappa shape index (κ1) is 16.2. The lowest BCUT2D eigenvalue weighted by atomic mass is 10.0. The van der Waals surface area contributed by atoms with Crippen LogP contribution >= 0.6 is 0 Å². The van der Waals surface area contributed by atoms with E-state index in [9.17, 15) is 9.18 Å². The molecule has 20 heavy (non-hydrogen) atoms. The third kappa shape index (κ3) is 5.03. The topological polar surface area (TPSA) is 38.3 Å². The van der Waals surface area contributed by atoms with Crippen LogP contribution in [0.15, 0.2) is 24.3 Å². The van der Waals surface area contributed by atoms with E-state index in [1.54, 1.807) is 12.1 Å². The minimum atomic E-state index is -0.438. The van der Waals surface area contributed by atoms with Crippen LogP contribution in [0, 0.1) is 11.7 Å². The number of carbonyl (C=O) groups excluding carboxylic acids is 1. The van der Waals surface area contributed by atoms with Crippen LogP contribution in [0.2, 0.25) is 0 Å². The first-order valence-electron chi connectivity index (χ1n) is 6.90. The fourth-order valence-electron chi connectivity index (χ4n) is 1.84. The second-order valence-corrected chi connectivity index (χ2v) is 4.65. The zero-order chi connectivity index (χ0) is 15.0. The van der Waals surface area contributed by atoms with Crippen LogP contribution in [0.1, 0.15) is 32.3 Å². The molecule has 0 saturated carbocycles. The lowest BCUT2D eigenvalue weighted by Gasteiger charge is -2.11. The number of nitrogens with one attached hydrogen (secondary N) is 1. The smallest absolute Gasteiger partial charge is 0.244 e. The van der Waals surface area contributed by atoms with Crippen molar-refractivity contribution in [2.75, 3.05) is 13.7 Å². The average Bonchev–Trinajstić information content (AvgIpc) is 2.46. The lowest BCUT2D eigenvalue weighted by molar-refractivity contribution is -0.116. The van der Waals surface area contributed by atoms with Crippen molar-refractivity contribution in [1.29, 1.82) is 0 Å². The normalized spacial score (nSPS) is 11.1. The molecule has 0 spiro atoms. The zero-order valence-electron chi connectivity index (χ0n) is 12.3. The van der Waals surface area contributed by atoms with Gasteiger partial charge in [-0.2, -0.15) is 0 Å². The predicted octanol–water partition coefficient (Wildman–Crippen LogP) is 3.40. The Hall–Kier alpha value is -1.84. The van der Waals surface area contributed by atoms with Crippen molar-refractivity contribution in [1.82, 2.24) is 5.32 Å². The van der Waals surface area contributed by atoms with E-state index < -0.39 is 5.82 Å². The van der Waals surface area contributed by atoms with Gasteiger partial charge in [0.05, 0.1) is 7.11 Å². The number of ether oxygens (including phenoxy) is 1. The van der Waals surface area contributed by atoms with E-state index in [-0.39, 0.29) is 11.7 Å². The SMILES string of the molecule is CCC(CC)CNC(=O)/C=C/c1ccc(OC)c(F)c1. The van der Waals surface area contributed by atoms with E-state index in [0.29, 0.717) is 18.0 Å². The molecule has 0 fully saturated rings. The van der Waals surface area contributed by atoms with Gasteiger partial charge in [-0.25, -0.2) is 4.39 Å². The van der Waals surface area contributed by atoms with Gasteiger partial charge in [0, 0.05) is 12.6 Å². The Morgan fingerprint density at radius 2 is 2.10 bits per heavy atom. The molecule has 1 aromatic carbocycles. The Bertz CT molecular complexity index is 468. The molecule has 0 atom stereocenters. The summed E-state index contributed by atoms with van der Waals surface area (Å²) in [5, 5.41) is 2.85. The van der Waals surface area contributed by atoms with Gasteiger partial charge in [-0.15, -0.1) is 0 Å². The molecule has 1 amide bonds. The van der Waals surface area contributed by atoms with Crippen LogP contribution in [0.4, 0.5) is 4.39 Å². The molecule has 0 heterocycles. The van der Waals surface area contributed by atoms with Crippen LogP contribution in [0.5, 0.6) is 5.75 Å². The fraction of sp³-hybridized carbons (Fsp3) is 0.438. The first-order valence-corrected chi connectivity index (χ1v) is 6.90. The van der Waals surface area contributed by atoms with Crippen molar-refractivity contribution in [2.45, 2.75) is 26.7 Å². The third-order valence-corrected chi connectivity index (χ3v) is 3.32. The highest BCUT2D eigenvalue weighted by Crippen LogP contribution is 2.18. The maximum absolute atomic E-state index is 13.5. The second kappa shape index (κ2) is 8.35. The van der Waals surface area contributed by atoms with Crippen molar-refractivity contribution >= 4 is 12.0 Å². The Kier molecular flexibility index (Phi) is 6.77. The molecule has 0 bridgehead atoms. The van der Waals surface area contributed by atoms with E-state index >= 15 is 0 Å². The van der Waals surface area contributed by atoms with Gasteiger partial charge in [-0.1, -0.05) is 32.8 Å². The monoisotopic (exact) mass is 279 g/mol. The third-order valence-electron chi connectivity index (χ3n) is 3.32. The van der Waals surface area contributed by atoms with Gasteiger partial charge in [-0.3, -0.25) is 4.79 Å². The summed E-state index contributed by atoms with van der Waals surface area (Å²) in [5.74, 6) is 0.103. The molecular weight excluding hydrogens is 257 g/mol. The molecule has 0 radical (unpaired) electrons. The summed E-state index contributed by atoms with van der Waals surface area (Å²) < 4.78 is 18.3.